The van der Waals surface area contributed by atoms with Crippen molar-refractivity contribution in [1.29, 1.82) is 0 Å². The Kier molecular flexibility index (Phi) is 4.43. The van der Waals surface area contributed by atoms with E-state index < -0.39 is 0 Å². The van der Waals surface area contributed by atoms with Gasteiger partial charge in [0.05, 0.1) is 0 Å². The van der Waals surface area contributed by atoms with Crippen LogP contribution in [-0.4, -0.2) is 12.0 Å². The molecule has 0 fully saturated rings. The molecule has 0 amide bonds. The third kappa shape index (κ3) is 3.27. The van der Waals surface area contributed by atoms with Crippen LogP contribution in [0.3, 0.4) is 0 Å². The lowest BCUT2D eigenvalue weighted by Crippen LogP contribution is -2.12. The van der Waals surface area contributed by atoms with Gasteiger partial charge in [0.2, 0.25) is 0 Å². The van der Waals surface area contributed by atoms with Crippen LogP contribution in [0.2, 0.25) is 0 Å². The summed E-state index contributed by atoms with van der Waals surface area (Å²) in [5.74, 6) is 1.44. The number of aryl methyl sites for hydroxylation is 2. The van der Waals surface area contributed by atoms with E-state index in [0.717, 1.165) is 29.2 Å². The molecule has 2 rings (SSSR count). The lowest BCUT2D eigenvalue weighted by atomic mass is 10.1. The molecule has 0 spiro atoms. The monoisotopic (exact) mass is 274 g/mol. The SMILES string of the molecule is CCc1ccc(N(C)c2cc(CCl)cc(C)n2)cc1. The first kappa shape index (κ1) is 13.9. The normalized spacial score (nSPS) is 10.5. The van der Waals surface area contributed by atoms with Crippen LogP contribution in [0.1, 0.15) is 23.7 Å². The van der Waals surface area contributed by atoms with Crippen LogP contribution >= 0.6 is 11.6 Å². The second-order valence-corrected chi connectivity index (χ2v) is 4.95. The average molecular weight is 275 g/mol. The average Bonchev–Trinajstić information content (AvgIpc) is 2.46. The molecule has 0 N–H and O–H groups in total. The summed E-state index contributed by atoms with van der Waals surface area (Å²) in [6.45, 7) is 4.15. The van der Waals surface area contributed by atoms with Gasteiger partial charge in [-0.2, -0.15) is 0 Å². The highest BCUT2D eigenvalue weighted by Crippen LogP contribution is 2.24. The van der Waals surface area contributed by atoms with Crippen molar-refractivity contribution in [1.82, 2.24) is 4.98 Å². The lowest BCUT2D eigenvalue weighted by molar-refractivity contribution is 1.07. The first-order chi connectivity index (χ1) is 9.13. The minimum atomic E-state index is 0.513. The predicted octanol–water partition coefficient (Wildman–Crippen LogP) is 4.46. The molecular weight excluding hydrogens is 256 g/mol. The fourth-order valence-electron chi connectivity index (χ4n) is 2.06. The van der Waals surface area contributed by atoms with Crippen molar-refractivity contribution in [3.63, 3.8) is 0 Å². The van der Waals surface area contributed by atoms with Gasteiger partial charge in [0.15, 0.2) is 0 Å². The van der Waals surface area contributed by atoms with Gasteiger partial charge >= 0.3 is 0 Å². The molecule has 1 aromatic carbocycles. The van der Waals surface area contributed by atoms with Crippen molar-refractivity contribution in [2.45, 2.75) is 26.1 Å². The summed E-state index contributed by atoms with van der Waals surface area (Å²) in [4.78, 5) is 6.65. The largest absolute Gasteiger partial charge is 0.329 e. The first-order valence-electron chi connectivity index (χ1n) is 6.50. The van der Waals surface area contributed by atoms with Gasteiger partial charge in [0.25, 0.3) is 0 Å². The zero-order valence-electron chi connectivity index (χ0n) is 11.7. The molecule has 2 nitrogen and oxygen atoms in total. The Morgan fingerprint density at radius 3 is 2.37 bits per heavy atom. The number of aromatic nitrogens is 1. The molecule has 0 aliphatic heterocycles. The maximum atomic E-state index is 5.91. The van der Waals surface area contributed by atoms with Crippen LogP contribution in [0.25, 0.3) is 0 Å². The van der Waals surface area contributed by atoms with E-state index in [2.05, 4.69) is 41.1 Å². The summed E-state index contributed by atoms with van der Waals surface area (Å²) in [6.07, 6.45) is 1.06. The lowest BCUT2D eigenvalue weighted by Gasteiger charge is -2.19. The molecule has 0 aliphatic carbocycles. The van der Waals surface area contributed by atoms with E-state index in [1.54, 1.807) is 0 Å². The van der Waals surface area contributed by atoms with Gasteiger partial charge in [0.1, 0.15) is 5.82 Å². The van der Waals surface area contributed by atoms with Crippen molar-refractivity contribution < 1.29 is 0 Å². The van der Waals surface area contributed by atoms with Crippen LogP contribution in [0.5, 0.6) is 0 Å². The zero-order valence-corrected chi connectivity index (χ0v) is 12.4. The number of halogens is 1. The van der Waals surface area contributed by atoms with Crippen LogP contribution in [-0.2, 0) is 12.3 Å². The predicted molar refractivity (Wildman–Crippen MR) is 82.4 cm³/mol. The fourth-order valence-corrected chi connectivity index (χ4v) is 2.21. The van der Waals surface area contributed by atoms with Crippen molar-refractivity contribution in [2.75, 3.05) is 11.9 Å². The number of anilines is 2. The third-order valence-electron chi connectivity index (χ3n) is 3.23. The molecule has 3 heteroatoms. The van der Waals surface area contributed by atoms with Gasteiger partial charge in [-0.3, -0.25) is 0 Å². The molecule has 0 radical (unpaired) electrons. The first-order valence-corrected chi connectivity index (χ1v) is 7.03. The highest BCUT2D eigenvalue weighted by molar-refractivity contribution is 6.17. The molecule has 1 heterocycles. The second-order valence-electron chi connectivity index (χ2n) is 4.69. The number of pyridine rings is 1. The molecule has 0 unspecified atom stereocenters. The number of alkyl halides is 1. The smallest absolute Gasteiger partial charge is 0.133 e. The Balaban J connectivity index is 2.31. The van der Waals surface area contributed by atoms with Crippen molar-refractivity contribution in [3.8, 4) is 0 Å². The number of hydrogen-bond donors (Lipinski definition) is 0. The van der Waals surface area contributed by atoms with E-state index >= 15 is 0 Å². The van der Waals surface area contributed by atoms with E-state index in [4.69, 9.17) is 11.6 Å². The number of hydrogen-bond acceptors (Lipinski definition) is 2. The topological polar surface area (TPSA) is 16.1 Å². The maximum Gasteiger partial charge on any atom is 0.133 e. The summed E-state index contributed by atoms with van der Waals surface area (Å²) < 4.78 is 0. The van der Waals surface area contributed by atoms with E-state index in [0.29, 0.717) is 5.88 Å². The van der Waals surface area contributed by atoms with E-state index in [-0.39, 0.29) is 0 Å². The molecular formula is C16H19ClN2. The third-order valence-corrected chi connectivity index (χ3v) is 3.54. The quantitative estimate of drug-likeness (QED) is 0.765. The minimum absolute atomic E-state index is 0.513. The molecule has 0 saturated heterocycles. The summed E-state index contributed by atoms with van der Waals surface area (Å²) >= 11 is 5.91. The molecule has 0 bridgehead atoms. The number of benzene rings is 1. The number of nitrogens with zero attached hydrogens (tertiary/aromatic N) is 2. The summed E-state index contributed by atoms with van der Waals surface area (Å²) in [5, 5.41) is 0. The van der Waals surface area contributed by atoms with E-state index in [1.807, 2.05) is 26.1 Å². The van der Waals surface area contributed by atoms with Gasteiger partial charge in [0, 0.05) is 24.3 Å². The van der Waals surface area contributed by atoms with Gasteiger partial charge in [-0.1, -0.05) is 19.1 Å². The number of rotatable bonds is 4. The van der Waals surface area contributed by atoms with Crippen LogP contribution < -0.4 is 4.90 Å². The zero-order chi connectivity index (χ0) is 13.8. The molecule has 100 valence electrons. The Morgan fingerprint density at radius 2 is 1.79 bits per heavy atom. The standard InChI is InChI=1S/C16H19ClN2/c1-4-13-5-7-15(8-6-13)19(3)16-10-14(11-17)9-12(2)18-16/h5-10H,4,11H2,1-3H3. The van der Waals surface area contributed by atoms with Crippen molar-refractivity contribution >= 4 is 23.1 Å². The second kappa shape index (κ2) is 6.07. The molecule has 1 aromatic heterocycles. The maximum absolute atomic E-state index is 5.91. The Bertz CT molecular complexity index is 549. The summed E-state index contributed by atoms with van der Waals surface area (Å²) in [5.41, 5.74) is 4.57. The van der Waals surface area contributed by atoms with Crippen LogP contribution in [0, 0.1) is 6.92 Å². The molecule has 0 aliphatic rings. The van der Waals surface area contributed by atoms with Gasteiger partial charge in [-0.05, 0) is 48.7 Å². The molecule has 0 atom stereocenters. The Labute approximate surface area is 120 Å². The van der Waals surface area contributed by atoms with E-state index in [9.17, 15) is 0 Å². The van der Waals surface area contributed by atoms with Crippen molar-refractivity contribution in [3.05, 3.63) is 53.2 Å². The summed E-state index contributed by atoms with van der Waals surface area (Å²) in [7, 11) is 2.03. The van der Waals surface area contributed by atoms with Gasteiger partial charge in [-0.25, -0.2) is 4.98 Å². The molecule has 19 heavy (non-hydrogen) atoms. The Morgan fingerprint density at radius 1 is 1.11 bits per heavy atom. The summed E-state index contributed by atoms with van der Waals surface area (Å²) in [6, 6.07) is 12.6. The van der Waals surface area contributed by atoms with Crippen LogP contribution in [0.15, 0.2) is 36.4 Å². The van der Waals surface area contributed by atoms with Crippen molar-refractivity contribution in [2.24, 2.45) is 0 Å². The highest BCUT2D eigenvalue weighted by Gasteiger charge is 2.07. The minimum Gasteiger partial charge on any atom is -0.329 e. The molecule has 0 saturated carbocycles. The highest BCUT2D eigenvalue weighted by atomic mass is 35.5. The Hall–Kier alpha value is -1.54. The van der Waals surface area contributed by atoms with E-state index in [1.165, 1.54) is 5.56 Å². The van der Waals surface area contributed by atoms with Crippen LogP contribution in [0.4, 0.5) is 11.5 Å². The van der Waals surface area contributed by atoms with Gasteiger partial charge < -0.3 is 4.90 Å². The van der Waals surface area contributed by atoms with Gasteiger partial charge in [-0.15, -0.1) is 11.6 Å². The fraction of sp³-hybridized carbons (Fsp3) is 0.312. The molecule has 2 aromatic rings.